The molecule has 0 radical (unpaired) electrons. The topological polar surface area (TPSA) is 76.1 Å². The van der Waals surface area contributed by atoms with Crippen LogP contribution >= 0.6 is 0 Å². The number of hydrogen-bond acceptors (Lipinski definition) is 6. The fraction of sp³-hybridized carbons (Fsp3) is 0.0417. The van der Waals surface area contributed by atoms with Crippen molar-refractivity contribution in [3.05, 3.63) is 96.7 Å². The van der Waals surface area contributed by atoms with Crippen LogP contribution in [0.4, 0.5) is 23.1 Å². The van der Waals surface area contributed by atoms with Crippen LogP contribution in [0, 0.1) is 0 Å². The molecule has 3 aromatic carbocycles. The van der Waals surface area contributed by atoms with Crippen molar-refractivity contribution in [3.63, 3.8) is 0 Å². The highest BCUT2D eigenvalue weighted by atomic mass is 16.5. The van der Waals surface area contributed by atoms with E-state index in [-0.39, 0.29) is 5.78 Å². The Labute approximate surface area is 174 Å². The third-order valence-corrected chi connectivity index (χ3v) is 4.29. The van der Waals surface area contributed by atoms with E-state index in [1.54, 1.807) is 24.4 Å². The van der Waals surface area contributed by atoms with Gasteiger partial charge in [-0.1, -0.05) is 30.3 Å². The van der Waals surface area contributed by atoms with Crippen LogP contribution in [0.25, 0.3) is 0 Å². The van der Waals surface area contributed by atoms with Crippen molar-refractivity contribution >= 4 is 28.9 Å². The van der Waals surface area contributed by atoms with Crippen molar-refractivity contribution in [2.24, 2.45) is 0 Å². The Hall–Kier alpha value is -4.19. The minimum atomic E-state index is 0.00896. The van der Waals surface area contributed by atoms with Crippen molar-refractivity contribution in [2.75, 3.05) is 10.6 Å². The van der Waals surface area contributed by atoms with E-state index in [1.807, 2.05) is 66.7 Å². The number of Topliss-reactive ketones (excluding diaryl/α,β-unsaturated/α-hetero) is 1. The van der Waals surface area contributed by atoms with Crippen LogP contribution in [0.5, 0.6) is 11.5 Å². The van der Waals surface area contributed by atoms with E-state index in [0.717, 1.165) is 22.9 Å². The SMILES string of the molecule is CC(=O)c1cccc(Nc2nccc(Nc3ccc(Oc4ccccc4)cc3)n2)c1. The van der Waals surface area contributed by atoms with Crippen molar-refractivity contribution in [2.45, 2.75) is 6.92 Å². The summed E-state index contributed by atoms with van der Waals surface area (Å²) in [6.07, 6.45) is 1.67. The number of ketones is 1. The Morgan fingerprint density at radius 3 is 2.33 bits per heavy atom. The maximum absolute atomic E-state index is 11.6. The zero-order valence-electron chi connectivity index (χ0n) is 16.4. The van der Waals surface area contributed by atoms with Gasteiger partial charge in [0.25, 0.3) is 0 Å². The molecule has 0 atom stereocenters. The number of aromatic nitrogens is 2. The average Bonchev–Trinajstić information content (AvgIpc) is 2.76. The number of para-hydroxylation sites is 1. The Bertz CT molecular complexity index is 1150. The second-order valence-corrected chi connectivity index (χ2v) is 6.59. The molecule has 2 N–H and O–H groups in total. The van der Waals surface area contributed by atoms with Gasteiger partial charge in [-0.3, -0.25) is 4.79 Å². The zero-order valence-corrected chi connectivity index (χ0v) is 16.4. The molecular weight excluding hydrogens is 376 g/mol. The highest BCUT2D eigenvalue weighted by Crippen LogP contribution is 2.24. The predicted molar refractivity (Wildman–Crippen MR) is 118 cm³/mol. The van der Waals surface area contributed by atoms with Crippen LogP contribution in [-0.4, -0.2) is 15.8 Å². The molecule has 1 aromatic heterocycles. The lowest BCUT2D eigenvalue weighted by atomic mass is 10.1. The lowest BCUT2D eigenvalue weighted by Crippen LogP contribution is -2.01. The number of carbonyl (C=O) groups is 1. The highest BCUT2D eigenvalue weighted by molar-refractivity contribution is 5.95. The first-order chi connectivity index (χ1) is 14.7. The van der Waals surface area contributed by atoms with Gasteiger partial charge < -0.3 is 15.4 Å². The summed E-state index contributed by atoms with van der Waals surface area (Å²) in [6.45, 7) is 1.54. The summed E-state index contributed by atoms with van der Waals surface area (Å²) in [5, 5.41) is 6.38. The van der Waals surface area contributed by atoms with Gasteiger partial charge in [0, 0.05) is 23.1 Å². The van der Waals surface area contributed by atoms with Crippen molar-refractivity contribution < 1.29 is 9.53 Å². The Morgan fingerprint density at radius 1 is 0.800 bits per heavy atom. The van der Waals surface area contributed by atoms with Crippen LogP contribution in [-0.2, 0) is 0 Å². The van der Waals surface area contributed by atoms with Gasteiger partial charge in [0.05, 0.1) is 0 Å². The molecule has 0 unspecified atom stereocenters. The largest absolute Gasteiger partial charge is 0.457 e. The van der Waals surface area contributed by atoms with Gasteiger partial charge in [0.1, 0.15) is 17.3 Å². The Morgan fingerprint density at radius 2 is 1.57 bits per heavy atom. The quantitative estimate of drug-likeness (QED) is 0.376. The van der Waals surface area contributed by atoms with E-state index in [2.05, 4.69) is 20.6 Å². The molecule has 6 nitrogen and oxygen atoms in total. The number of rotatable bonds is 7. The fourth-order valence-corrected chi connectivity index (χ4v) is 2.81. The standard InChI is InChI=1S/C24H20N4O2/c1-17(29)18-6-5-7-20(16-18)27-24-25-15-14-23(28-24)26-19-10-12-22(13-11-19)30-21-8-3-2-4-9-21/h2-16H,1H3,(H2,25,26,27,28). The molecule has 0 saturated carbocycles. The summed E-state index contributed by atoms with van der Waals surface area (Å²) >= 11 is 0. The second-order valence-electron chi connectivity index (χ2n) is 6.59. The van der Waals surface area contributed by atoms with Crippen LogP contribution in [0.2, 0.25) is 0 Å². The molecule has 4 aromatic rings. The van der Waals surface area contributed by atoms with E-state index in [0.29, 0.717) is 17.3 Å². The Balaban J connectivity index is 1.43. The maximum atomic E-state index is 11.6. The van der Waals surface area contributed by atoms with Gasteiger partial charge in [-0.25, -0.2) is 4.98 Å². The van der Waals surface area contributed by atoms with Crippen LogP contribution < -0.4 is 15.4 Å². The zero-order chi connectivity index (χ0) is 20.8. The molecule has 0 aliphatic heterocycles. The molecule has 148 valence electrons. The third-order valence-electron chi connectivity index (χ3n) is 4.29. The van der Waals surface area contributed by atoms with E-state index in [4.69, 9.17) is 4.74 Å². The van der Waals surface area contributed by atoms with Crippen LogP contribution in [0.15, 0.2) is 91.1 Å². The van der Waals surface area contributed by atoms with Crippen LogP contribution in [0.3, 0.4) is 0 Å². The van der Waals surface area contributed by atoms with Gasteiger partial charge in [0.2, 0.25) is 5.95 Å². The molecule has 0 amide bonds. The van der Waals surface area contributed by atoms with Gasteiger partial charge in [-0.15, -0.1) is 0 Å². The number of benzene rings is 3. The normalized spacial score (nSPS) is 10.3. The van der Waals surface area contributed by atoms with E-state index < -0.39 is 0 Å². The number of hydrogen-bond donors (Lipinski definition) is 2. The lowest BCUT2D eigenvalue weighted by molar-refractivity contribution is 0.101. The van der Waals surface area contributed by atoms with E-state index in [9.17, 15) is 4.79 Å². The summed E-state index contributed by atoms with van der Waals surface area (Å²) in [5.41, 5.74) is 2.26. The highest BCUT2D eigenvalue weighted by Gasteiger charge is 2.04. The minimum absolute atomic E-state index is 0.00896. The predicted octanol–water partition coefficient (Wildman–Crippen LogP) is 5.96. The third kappa shape index (κ3) is 4.99. The maximum Gasteiger partial charge on any atom is 0.229 e. The molecule has 0 aliphatic carbocycles. The number of nitrogens with zero attached hydrogens (tertiary/aromatic N) is 2. The molecule has 0 saturated heterocycles. The molecule has 0 aliphatic rings. The van der Waals surface area contributed by atoms with Gasteiger partial charge in [-0.2, -0.15) is 4.98 Å². The fourth-order valence-electron chi connectivity index (χ4n) is 2.81. The summed E-state index contributed by atoms with van der Waals surface area (Å²) in [4.78, 5) is 20.3. The summed E-state index contributed by atoms with van der Waals surface area (Å²) in [5.74, 6) is 2.63. The van der Waals surface area contributed by atoms with Crippen molar-refractivity contribution in [1.29, 1.82) is 0 Å². The second kappa shape index (κ2) is 8.87. The minimum Gasteiger partial charge on any atom is -0.457 e. The first-order valence-electron chi connectivity index (χ1n) is 9.47. The Kier molecular flexibility index (Phi) is 5.66. The number of anilines is 4. The number of carbonyl (C=O) groups excluding carboxylic acids is 1. The summed E-state index contributed by atoms with van der Waals surface area (Å²) in [6, 6.07) is 26.3. The van der Waals surface area contributed by atoms with Crippen molar-refractivity contribution in [3.8, 4) is 11.5 Å². The summed E-state index contributed by atoms with van der Waals surface area (Å²) < 4.78 is 5.81. The van der Waals surface area contributed by atoms with Gasteiger partial charge in [0.15, 0.2) is 5.78 Å². The van der Waals surface area contributed by atoms with Crippen molar-refractivity contribution in [1.82, 2.24) is 9.97 Å². The number of ether oxygens (including phenoxy) is 1. The van der Waals surface area contributed by atoms with E-state index >= 15 is 0 Å². The smallest absolute Gasteiger partial charge is 0.229 e. The molecule has 30 heavy (non-hydrogen) atoms. The number of nitrogens with one attached hydrogen (secondary N) is 2. The molecule has 6 heteroatoms. The molecule has 1 heterocycles. The molecule has 4 rings (SSSR count). The monoisotopic (exact) mass is 396 g/mol. The lowest BCUT2D eigenvalue weighted by Gasteiger charge is -2.10. The van der Waals surface area contributed by atoms with Gasteiger partial charge in [-0.05, 0) is 61.5 Å². The van der Waals surface area contributed by atoms with Gasteiger partial charge >= 0.3 is 0 Å². The average molecular weight is 396 g/mol. The molecule has 0 bridgehead atoms. The summed E-state index contributed by atoms with van der Waals surface area (Å²) in [7, 11) is 0. The first-order valence-corrected chi connectivity index (χ1v) is 9.47. The molecule has 0 fully saturated rings. The molecular formula is C24H20N4O2. The van der Waals surface area contributed by atoms with E-state index in [1.165, 1.54) is 6.92 Å². The first kappa shape index (κ1) is 19.1. The van der Waals surface area contributed by atoms with Crippen LogP contribution in [0.1, 0.15) is 17.3 Å². The molecule has 0 spiro atoms.